The molecule has 0 N–H and O–H groups in total. The summed E-state index contributed by atoms with van der Waals surface area (Å²) in [6, 6.07) is 20.7. The Bertz CT molecular complexity index is 905. The second kappa shape index (κ2) is 11.2. The molecule has 1 saturated heterocycles. The van der Waals surface area contributed by atoms with Gasteiger partial charge in [-0.2, -0.15) is 0 Å². The summed E-state index contributed by atoms with van der Waals surface area (Å²) in [5.41, 5.74) is 2.93. The summed E-state index contributed by atoms with van der Waals surface area (Å²) in [6.45, 7) is 5.91. The molecular formula is C28H35NO4. The van der Waals surface area contributed by atoms with Crippen molar-refractivity contribution in [2.75, 3.05) is 13.7 Å². The van der Waals surface area contributed by atoms with Crippen molar-refractivity contribution >= 4 is 17.6 Å². The van der Waals surface area contributed by atoms with E-state index in [1.807, 2.05) is 57.2 Å². The lowest BCUT2D eigenvalue weighted by atomic mass is 9.90. The quantitative estimate of drug-likeness (QED) is 0.501. The third-order valence-corrected chi connectivity index (χ3v) is 5.89. The second-order valence-corrected chi connectivity index (χ2v) is 9.51. The van der Waals surface area contributed by atoms with Crippen molar-refractivity contribution in [3.8, 4) is 0 Å². The van der Waals surface area contributed by atoms with Gasteiger partial charge in [0.1, 0.15) is 5.60 Å². The Hall–Kier alpha value is -3.08. The summed E-state index contributed by atoms with van der Waals surface area (Å²) >= 11 is 0. The number of carbonyl (C=O) groups is 2. The highest BCUT2D eigenvalue weighted by molar-refractivity contribution is 5.79. The number of likely N-dealkylation sites (tertiary alicyclic amines) is 1. The van der Waals surface area contributed by atoms with E-state index in [0.717, 1.165) is 19.3 Å². The van der Waals surface area contributed by atoms with E-state index in [0.29, 0.717) is 13.0 Å². The van der Waals surface area contributed by atoms with E-state index in [1.54, 1.807) is 4.90 Å². The molecule has 33 heavy (non-hydrogen) atoms. The van der Waals surface area contributed by atoms with Gasteiger partial charge in [0.2, 0.25) is 0 Å². The smallest absolute Gasteiger partial charge is 0.410 e. The first-order valence-corrected chi connectivity index (χ1v) is 11.7. The molecule has 5 nitrogen and oxygen atoms in total. The van der Waals surface area contributed by atoms with E-state index in [9.17, 15) is 9.59 Å². The van der Waals surface area contributed by atoms with Crippen molar-refractivity contribution in [3.63, 3.8) is 0 Å². The minimum atomic E-state index is -0.590. The Balaban J connectivity index is 1.78. The highest BCUT2D eigenvalue weighted by atomic mass is 16.6. The maximum absolute atomic E-state index is 13.0. The summed E-state index contributed by atoms with van der Waals surface area (Å²) in [5, 5.41) is 0. The fourth-order valence-electron chi connectivity index (χ4n) is 4.29. The molecule has 176 valence electrons. The fraction of sp³-hybridized carbons (Fsp3) is 0.429. The van der Waals surface area contributed by atoms with E-state index in [1.165, 1.54) is 23.8 Å². The monoisotopic (exact) mass is 449 g/mol. The van der Waals surface area contributed by atoms with Crippen molar-refractivity contribution in [3.05, 3.63) is 77.9 Å². The van der Waals surface area contributed by atoms with E-state index < -0.39 is 5.60 Å². The van der Waals surface area contributed by atoms with Crippen LogP contribution < -0.4 is 0 Å². The number of hydrogen-bond acceptors (Lipinski definition) is 4. The molecule has 0 bridgehead atoms. The lowest BCUT2D eigenvalue weighted by molar-refractivity contribution is -0.147. The molecule has 0 aliphatic carbocycles. The Labute approximate surface area is 197 Å². The predicted molar refractivity (Wildman–Crippen MR) is 131 cm³/mol. The molecule has 2 aromatic carbocycles. The van der Waals surface area contributed by atoms with E-state index >= 15 is 0 Å². The van der Waals surface area contributed by atoms with Crippen LogP contribution in [0.3, 0.4) is 0 Å². The lowest BCUT2D eigenvalue weighted by Gasteiger charge is -2.39. The summed E-state index contributed by atoms with van der Waals surface area (Å²) in [7, 11) is 1.39. The number of carbonyl (C=O) groups excluding carboxylic acids is 2. The van der Waals surface area contributed by atoms with Crippen LogP contribution in [0.4, 0.5) is 4.79 Å². The van der Waals surface area contributed by atoms with Gasteiger partial charge in [-0.25, -0.2) is 4.79 Å². The molecule has 0 radical (unpaired) electrons. The summed E-state index contributed by atoms with van der Waals surface area (Å²) < 4.78 is 10.6. The number of amides is 1. The first kappa shape index (κ1) is 24.6. The molecule has 2 aromatic rings. The Morgan fingerprint density at radius 1 is 0.970 bits per heavy atom. The third-order valence-electron chi connectivity index (χ3n) is 5.89. The molecular weight excluding hydrogens is 414 g/mol. The van der Waals surface area contributed by atoms with E-state index in [-0.39, 0.29) is 24.0 Å². The number of ether oxygens (including phenoxy) is 2. The van der Waals surface area contributed by atoms with E-state index in [2.05, 4.69) is 30.3 Å². The zero-order valence-corrected chi connectivity index (χ0v) is 20.1. The molecule has 0 spiro atoms. The van der Waals surface area contributed by atoms with Crippen LogP contribution in [0.25, 0.3) is 5.57 Å². The SMILES string of the molecule is COC(=O)[C@@H]1CC[C@H](CCC=C(c2ccccc2)c2ccccc2)N(C(=O)OC(C)(C)C)C1. The number of esters is 1. The van der Waals surface area contributed by atoms with Crippen LogP contribution in [0.1, 0.15) is 57.6 Å². The van der Waals surface area contributed by atoms with Gasteiger partial charge in [0.15, 0.2) is 0 Å². The maximum Gasteiger partial charge on any atom is 0.410 e. The van der Waals surface area contributed by atoms with Gasteiger partial charge >= 0.3 is 12.1 Å². The fourth-order valence-corrected chi connectivity index (χ4v) is 4.29. The normalized spacial score (nSPS) is 18.4. The summed E-state index contributed by atoms with van der Waals surface area (Å²) in [4.78, 5) is 26.8. The van der Waals surface area contributed by atoms with Crippen molar-refractivity contribution in [2.24, 2.45) is 5.92 Å². The van der Waals surface area contributed by atoms with Gasteiger partial charge in [0.25, 0.3) is 0 Å². The van der Waals surface area contributed by atoms with Crippen LogP contribution in [0.5, 0.6) is 0 Å². The minimum Gasteiger partial charge on any atom is -0.469 e. The first-order valence-electron chi connectivity index (χ1n) is 11.7. The zero-order chi connectivity index (χ0) is 23.8. The minimum absolute atomic E-state index is 0.0183. The van der Waals surface area contributed by atoms with Gasteiger partial charge in [-0.15, -0.1) is 0 Å². The van der Waals surface area contributed by atoms with Crippen molar-refractivity contribution in [2.45, 2.75) is 58.1 Å². The van der Waals surface area contributed by atoms with Crippen LogP contribution in [-0.4, -0.2) is 42.3 Å². The molecule has 1 amide bonds. The highest BCUT2D eigenvalue weighted by Gasteiger charge is 2.37. The molecule has 2 atom stereocenters. The number of allylic oxidation sites excluding steroid dienone is 1. The molecule has 1 aliphatic rings. The Kier molecular flexibility index (Phi) is 8.32. The molecule has 0 saturated carbocycles. The van der Waals surface area contributed by atoms with Gasteiger partial charge in [-0.1, -0.05) is 66.7 Å². The van der Waals surface area contributed by atoms with Crippen molar-refractivity contribution in [1.82, 2.24) is 4.90 Å². The Morgan fingerprint density at radius 3 is 2.06 bits per heavy atom. The summed E-state index contributed by atoms with van der Waals surface area (Å²) in [5.74, 6) is -0.573. The number of rotatable bonds is 6. The largest absolute Gasteiger partial charge is 0.469 e. The molecule has 1 fully saturated rings. The third kappa shape index (κ3) is 6.95. The zero-order valence-electron chi connectivity index (χ0n) is 20.1. The van der Waals surface area contributed by atoms with E-state index in [4.69, 9.17) is 9.47 Å². The first-order chi connectivity index (χ1) is 15.8. The molecule has 1 aliphatic heterocycles. The van der Waals surface area contributed by atoms with Crippen LogP contribution in [0.15, 0.2) is 66.7 Å². The second-order valence-electron chi connectivity index (χ2n) is 9.51. The average Bonchev–Trinajstić information content (AvgIpc) is 2.81. The van der Waals surface area contributed by atoms with Crippen LogP contribution in [0, 0.1) is 5.92 Å². The number of benzene rings is 2. The van der Waals surface area contributed by atoms with Gasteiger partial charge in [-0.3, -0.25) is 4.79 Å². The standard InChI is InChI=1S/C28H35NO4/c1-28(2,3)33-27(31)29-20-23(26(30)32-4)18-19-24(29)16-11-17-25(21-12-7-5-8-13-21)22-14-9-6-10-15-22/h5-10,12-15,17,23-24H,11,16,18-20H2,1-4H3/t23-,24+/m1/s1. The van der Waals surface area contributed by atoms with Gasteiger partial charge in [0, 0.05) is 12.6 Å². The summed E-state index contributed by atoms with van der Waals surface area (Å²) in [6.07, 6.45) is 4.96. The number of piperidine rings is 1. The maximum atomic E-state index is 13.0. The Morgan fingerprint density at radius 2 is 1.55 bits per heavy atom. The number of methoxy groups -OCH3 is 1. The topological polar surface area (TPSA) is 55.8 Å². The van der Waals surface area contributed by atoms with Crippen LogP contribution in [0.2, 0.25) is 0 Å². The molecule has 5 heteroatoms. The number of nitrogens with zero attached hydrogens (tertiary/aromatic N) is 1. The van der Waals surface area contributed by atoms with Crippen molar-refractivity contribution in [1.29, 1.82) is 0 Å². The predicted octanol–water partition coefficient (Wildman–Crippen LogP) is 6.09. The number of hydrogen-bond donors (Lipinski definition) is 0. The van der Waals surface area contributed by atoms with Gasteiger partial charge in [0.05, 0.1) is 13.0 Å². The molecule has 0 unspecified atom stereocenters. The highest BCUT2D eigenvalue weighted by Crippen LogP contribution is 2.29. The lowest BCUT2D eigenvalue weighted by Crippen LogP contribution is -2.50. The van der Waals surface area contributed by atoms with Gasteiger partial charge in [-0.05, 0) is 63.2 Å². The molecule has 0 aromatic heterocycles. The molecule has 3 rings (SSSR count). The van der Waals surface area contributed by atoms with Crippen LogP contribution in [-0.2, 0) is 14.3 Å². The van der Waals surface area contributed by atoms with Crippen LogP contribution >= 0.6 is 0 Å². The van der Waals surface area contributed by atoms with Gasteiger partial charge < -0.3 is 14.4 Å². The average molecular weight is 450 g/mol. The van der Waals surface area contributed by atoms with Crippen molar-refractivity contribution < 1.29 is 19.1 Å². The molecule has 1 heterocycles.